The Morgan fingerprint density at radius 3 is 2.83 bits per heavy atom. The number of nitrogens with zero attached hydrogens (tertiary/aromatic N) is 1. The number of piperidine rings is 1. The quantitative estimate of drug-likeness (QED) is 0.882. The molecule has 0 saturated carbocycles. The van der Waals surface area contributed by atoms with Gasteiger partial charge in [-0.25, -0.2) is 0 Å². The number of nitrogens with one attached hydrogen (secondary N) is 1. The Bertz CT molecular complexity index is 400. The van der Waals surface area contributed by atoms with Crippen LogP contribution in [-0.4, -0.2) is 30.6 Å². The molecular formula is C16H26N2. The number of hydrogen-bond donors (Lipinski definition) is 1. The molecule has 0 spiro atoms. The van der Waals surface area contributed by atoms with E-state index < -0.39 is 0 Å². The van der Waals surface area contributed by atoms with Crippen molar-refractivity contribution in [1.82, 2.24) is 10.2 Å². The minimum atomic E-state index is 0.677. The van der Waals surface area contributed by atoms with Crippen molar-refractivity contribution in [1.29, 1.82) is 0 Å². The third-order valence-electron chi connectivity index (χ3n) is 4.29. The molecule has 1 heterocycles. The van der Waals surface area contributed by atoms with Crippen LogP contribution in [0.2, 0.25) is 0 Å². The van der Waals surface area contributed by atoms with E-state index >= 15 is 0 Å². The highest BCUT2D eigenvalue weighted by Gasteiger charge is 2.22. The lowest BCUT2D eigenvalue weighted by Gasteiger charge is -2.35. The molecule has 1 saturated heterocycles. The molecule has 1 N–H and O–H groups in total. The monoisotopic (exact) mass is 246 g/mol. The highest BCUT2D eigenvalue weighted by atomic mass is 15.1. The summed E-state index contributed by atoms with van der Waals surface area (Å²) < 4.78 is 0. The molecule has 1 aromatic rings. The number of aryl methyl sites for hydroxylation is 2. The molecule has 2 unspecified atom stereocenters. The zero-order chi connectivity index (χ0) is 13.1. The molecule has 2 heteroatoms. The average Bonchev–Trinajstić information content (AvgIpc) is 2.34. The lowest BCUT2D eigenvalue weighted by atomic mass is 9.98. The fourth-order valence-electron chi connectivity index (χ4n) is 2.72. The minimum absolute atomic E-state index is 0.677. The highest BCUT2D eigenvalue weighted by Crippen LogP contribution is 2.17. The summed E-state index contributed by atoms with van der Waals surface area (Å²) in [5.74, 6) is 0. The van der Waals surface area contributed by atoms with Gasteiger partial charge in [-0.3, -0.25) is 0 Å². The third-order valence-corrected chi connectivity index (χ3v) is 4.29. The van der Waals surface area contributed by atoms with E-state index in [0.29, 0.717) is 12.1 Å². The Morgan fingerprint density at radius 1 is 1.33 bits per heavy atom. The first-order valence-corrected chi connectivity index (χ1v) is 7.06. The van der Waals surface area contributed by atoms with Crippen LogP contribution in [0.25, 0.3) is 0 Å². The maximum atomic E-state index is 3.73. The molecule has 0 aliphatic carbocycles. The molecule has 0 radical (unpaired) electrons. The SMILES string of the molecule is Cc1ccc(C)c(CNC2CCN(C)C(C)C2)c1. The lowest BCUT2D eigenvalue weighted by molar-refractivity contribution is 0.168. The van der Waals surface area contributed by atoms with Crippen molar-refractivity contribution in [3.05, 3.63) is 34.9 Å². The molecule has 0 amide bonds. The van der Waals surface area contributed by atoms with Crippen molar-refractivity contribution in [3.8, 4) is 0 Å². The Kier molecular flexibility index (Phi) is 4.41. The lowest BCUT2D eigenvalue weighted by Crippen LogP contribution is -2.45. The van der Waals surface area contributed by atoms with E-state index in [2.05, 4.69) is 56.2 Å². The summed E-state index contributed by atoms with van der Waals surface area (Å²) in [4.78, 5) is 2.45. The fourth-order valence-corrected chi connectivity index (χ4v) is 2.72. The van der Waals surface area contributed by atoms with Crippen LogP contribution in [0.4, 0.5) is 0 Å². The van der Waals surface area contributed by atoms with E-state index in [9.17, 15) is 0 Å². The number of hydrogen-bond acceptors (Lipinski definition) is 2. The van der Waals surface area contributed by atoms with Gasteiger partial charge >= 0.3 is 0 Å². The van der Waals surface area contributed by atoms with Crippen LogP contribution in [0.1, 0.15) is 36.5 Å². The van der Waals surface area contributed by atoms with Gasteiger partial charge in [-0.1, -0.05) is 23.8 Å². The number of likely N-dealkylation sites (tertiary alicyclic amines) is 1. The van der Waals surface area contributed by atoms with Crippen LogP contribution in [0, 0.1) is 13.8 Å². The Morgan fingerprint density at radius 2 is 2.11 bits per heavy atom. The number of benzene rings is 1. The molecule has 1 fully saturated rings. The van der Waals surface area contributed by atoms with Gasteiger partial charge < -0.3 is 10.2 Å². The standard InChI is InChI=1S/C16H26N2/c1-12-5-6-13(2)15(9-12)11-17-16-7-8-18(4)14(3)10-16/h5-6,9,14,16-17H,7-8,10-11H2,1-4H3. The summed E-state index contributed by atoms with van der Waals surface area (Å²) in [7, 11) is 2.23. The second-order valence-corrected chi connectivity index (χ2v) is 5.86. The molecule has 18 heavy (non-hydrogen) atoms. The van der Waals surface area contributed by atoms with Gasteiger partial charge in [0.1, 0.15) is 0 Å². The van der Waals surface area contributed by atoms with Gasteiger partial charge in [0.05, 0.1) is 0 Å². The minimum Gasteiger partial charge on any atom is -0.310 e. The summed E-state index contributed by atoms with van der Waals surface area (Å²) >= 11 is 0. The van der Waals surface area contributed by atoms with Crippen LogP contribution in [0.15, 0.2) is 18.2 Å². The summed E-state index contributed by atoms with van der Waals surface area (Å²) in [5.41, 5.74) is 4.20. The second kappa shape index (κ2) is 5.85. The van der Waals surface area contributed by atoms with E-state index in [4.69, 9.17) is 0 Å². The average molecular weight is 246 g/mol. The normalized spacial score (nSPS) is 25.3. The molecule has 2 rings (SSSR count). The Hall–Kier alpha value is -0.860. The Balaban J connectivity index is 1.90. The van der Waals surface area contributed by atoms with Crippen molar-refractivity contribution in [2.45, 2.75) is 52.2 Å². The van der Waals surface area contributed by atoms with Gasteiger partial charge in [-0.05, 0) is 58.3 Å². The molecule has 2 atom stereocenters. The van der Waals surface area contributed by atoms with Gasteiger partial charge in [0.15, 0.2) is 0 Å². The molecule has 100 valence electrons. The van der Waals surface area contributed by atoms with Crippen LogP contribution in [0.3, 0.4) is 0 Å². The molecule has 0 bridgehead atoms. The van der Waals surface area contributed by atoms with E-state index in [1.54, 1.807) is 0 Å². The van der Waals surface area contributed by atoms with Gasteiger partial charge in [-0.2, -0.15) is 0 Å². The van der Waals surface area contributed by atoms with Crippen LogP contribution < -0.4 is 5.32 Å². The molecular weight excluding hydrogens is 220 g/mol. The third kappa shape index (κ3) is 3.33. The first kappa shape index (κ1) is 13.6. The summed E-state index contributed by atoms with van der Waals surface area (Å²) in [6, 6.07) is 8.10. The van der Waals surface area contributed by atoms with E-state index in [1.807, 2.05) is 0 Å². The van der Waals surface area contributed by atoms with Crippen molar-refractivity contribution < 1.29 is 0 Å². The predicted molar refractivity (Wildman–Crippen MR) is 77.9 cm³/mol. The van der Waals surface area contributed by atoms with Crippen LogP contribution >= 0.6 is 0 Å². The summed E-state index contributed by atoms with van der Waals surface area (Å²) in [5, 5.41) is 3.73. The van der Waals surface area contributed by atoms with Crippen molar-refractivity contribution in [3.63, 3.8) is 0 Å². The predicted octanol–water partition coefficient (Wildman–Crippen LogP) is 2.88. The largest absolute Gasteiger partial charge is 0.310 e. The van der Waals surface area contributed by atoms with Gasteiger partial charge in [0.25, 0.3) is 0 Å². The van der Waals surface area contributed by atoms with Gasteiger partial charge in [0.2, 0.25) is 0 Å². The molecule has 0 aromatic heterocycles. The summed E-state index contributed by atoms with van der Waals surface area (Å²) in [6.07, 6.45) is 2.53. The zero-order valence-corrected chi connectivity index (χ0v) is 12.2. The first-order valence-electron chi connectivity index (χ1n) is 7.06. The molecule has 1 aromatic carbocycles. The van der Waals surface area contributed by atoms with Gasteiger partial charge in [-0.15, -0.1) is 0 Å². The van der Waals surface area contributed by atoms with E-state index in [0.717, 1.165) is 6.54 Å². The fraction of sp³-hybridized carbons (Fsp3) is 0.625. The number of rotatable bonds is 3. The topological polar surface area (TPSA) is 15.3 Å². The van der Waals surface area contributed by atoms with Crippen molar-refractivity contribution >= 4 is 0 Å². The maximum absolute atomic E-state index is 3.73. The molecule has 1 aliphatic rings. The van der Waals surface area contributed by atoms with E-state index in [-0.39, 0.29) is 0 Å². The summed E-state index contributed by atoms with van der Waals surface area (Å²) in [6.45, 7) is 8.92. The smallest absolute Gasteiger partial charge is 0.0210 e. The van der Waals surface area contributed by atoms with Crippen molar-refractivity contribution in [2.24, 2.45) is 0 Å². The molecule has 2 nitrogen and oxygen atoms in total. The first-order chi connectivity index (χ1) is 8.56. The second-order valence-electron chi connectivity index (χ2n) is 5.86. The highest BCUT2D eigenvalue weighted by molar-refractivity contribution is 5.30. The van der Waals surface area contributed by atoms with Crippen LogP contribution in [0.5, 0.6) is 0 Å². The van der Waals surface area contributed by atoms with Crippen LogP contribution in [-0.2, 0) is 6.54 Å². The Labute approximate surface area is 111 Å². The van der Waals surface area contributed by atoms with E-state index in [1.165, 1.54) is 36.1 Å². The van der Waals surface area contributed by atoms with Gasteiger partial charge in [0, 0.05) is 18.6 Å². The van der Waals surface area contributed by atoms with Crippen molar-refractivity contribution in [2.75, 3.05) is 13.6 Å². The molecule has 1 aliphatic heterocycles. The zero-order valence-electron chi connectivity index (χ0n) is 12.2. The maximum Gasteiger partial charge on any atom is 0.0210 e.